The minimum absolute atomic E-state index is 0.185. The average Bonchev–Trinajstić information content (AvgIpc) is 2.37. The second kappa shape index (κ2) is 7.13. The molecule has 2 nitrogen and oxygen atoms in total. The molecule has 1 aromatic rings. The van der Waals surface area contributed by atoms with Gasteiger partial charge in [-0.3, -0.25) is 0 Å². The number of hydrogen-bond donors (Lipinski definition) is 1. The Labute approximate surface area is 116 Å². The SMILES string of the molecule is CCNC(c1ccc(Cl)cc1)C(C)(CC)OCC. The Morgan fingerprint density at radius 3 is 2.28 bits per heavy atom. The Morgan fingerprint density at radius 1 is 1.22 bits per heavy atom. The summed E-state index contributed by atoms with van der Waals surface area (Å²) in [6.07, 6.45) is 0.959. The molecule has 0 amide bonds. The van der Waals surface area contributed by atoms with Crippen molar-refractivity contribution in [2.24, 2.45) is 0 Å². The number of nitrogens with one attached hydrogen (secondary N) is 1. The third kappa shape index (κ3) is 3.71. The van der Waals surface area contributed by atoms with Crippen LogP contribution in [-0.4, -0.2) is 18.8 Å². The van der Waals surface area contributed by atoms with Crippen LogP contribution in [0.25, 0.3) is 0 Å². The lowest BCUT2D eigenvalue weighted by atomic mass is 9.87. The van der Waals surface area contributed by atoms with Crippen LogP contribution in [0.3, 0.4) is 0 Å². The van der Waals surface area contributed by atoms with Gasteiger partial charge >= 0.3 is 0 Å². The van der Waals surface area contributed by atoms with E-state index in [1.807, 2.05) is 19.1 Å². The Balaban J connectivity index is 3.03. The zero-order valence-corrected chi connectivity index (χ0v) is 12.6. The molecule has 2 unspecified atom stereocenters. The van der Waals surface area contributed by atoms with Crippen LogP contribution in [0.4, 0.5) is 0 Å². The van der Waals surface area contributed by atoms with E-state index in [0.29, 0.717) is 0 Å². The first kappa shape index (κ1) is 15.5. The normalized spacial score (nSPS) is 16.3. The molecule has 1 aromatic carbocycles. The molecule has 1 rings (SSSR count). The maximum absolute atomic E-state index is 5.98. The molecule has 0 aliphatic rings. The highest BCUT2D eigenvalue weighted by Crippen LogP contribution is 2.32. The van der Waals surface area contributed by atoms with Gasteiger partial charge in [-0.2, -0.15) is 0 Å². The molecule has 1 N–H and O–H groups in total. The van der Waals surface area contributed by atoms with Crippen molar-refractivity contribution in [2.45, 2.75) is 45.8 Å². The maximum atomic E-state index is 5.98. The largest absolute Gasteiger partial charge is 0.374 e. The molecule has 0 saturated heterocycles. The lowest BCUT2D eigenvalue weighted by Crippen LogP contribution is -2.43. The van der Waals surface area contributed by atoms with Crippen LogP contribution in [0.15, 0.2) is 24.3 Å². The van der Waals surface area contributed by atoms with Crippen molar-refractivity contribution in [3.63, 3.8) is 0 Å². The van der Waals surface area contributed by atoms with Crippen LogP contribution >= 0.6 is 11.6 Å². The fourth-order valence-electron chi connectivity index (χ4n) is 2.26. The molecular weight excluding hydrogens is 246 g/mol. The Hall–Kier alpha value is -0.570. The molecular formula is C15H24ClNO. The van der Waals surface area contributed by atoms with Gasteiger partial charge in [0.05, 0.1) is 11.6 Å². The van der Waals surface area contributed by atoms with Crippen molar-refractivity contribution in [3.05, 3.63) is 34.9 Å². The molecule has 0 spiro atoms. The monoisotopic (exact) mass is 269 g/mol. The van der Waals surface area contributed by atoms with Gasteiger partial charge in [0.15, 0.2) is 0 Å². The van der Waals surface area contributed by atoms with Crippen molar-refractivity contribution in [1.82, 2.24) is 5.32 Å². The van der Waals surface area contributed by atoms with Gasteiger partial charge in [-0.05, 0) is 44.5 Å². The van der Waals surface area contributed by atoms with Crippen molar-refractivity contribution >= 4 is 11.6 Å². The molecule has 0 bridgehead atoms. The summed E-state index contributed by atoms with van der Waals surface area (Å²) in [6, 6.07) is 8.20. The van der Waals surface area contributed by atoms with Crippen molar-refractivity contribution in [3.8, 4) is 0 Å². The van der Waals surface area contributed by atoms with Gasteiger partial charge in [-0.25, -0.2) is 0 Å². The summed E-state index contributed by atoms with van der Waals surface area (Å²) in [7, 11) is 0. The summed E-state index contributed by atoms with van der Waals surface area (Å²) in [6.45, 7) is 10.1. The second-order valence-corrected chi connectivity index (χ2v) is 5.08. The molecule has 3 heteroatoms. The van der Waals surface area contributed by atoms with Crippen LogP contribution in [0.2, 0.25) is 5.02 Å². The lowest BCUT2D eigenvalue weighted by Gasteiger charge is -2.37. The van der Waals surface area contributed by atoms with Gasteiger partial charge in [-0.1, -0.05) is 37.6 Å². The minimum atomic E-state index is -0.196. The number of hydrogen-bond acceptors (Lipinski definition) is 2. The number of rotatable bonds is 7. The van der Waals surface area contributed by atoms with Crippen LogP contribution in [0.5, 0.6) is 0 Å². The van der Waals surface area contributed by atoms with E-state index in [9.17, 15) is 0 Å². The first-order valence-electron chi connectivity index (χ1n) is 6.70. The highest BCUT2D eigenvalue weighted by Gasteiger charge is 2.33. The number of ether oxygens (including phenoxy) is 1. The van der Waals surface area contributed by atoms with E-state index in [4.69, 9.17) is 16.3 Å². The predicted octanol–water partition coefficient (Wildman–Crippen LogP) is 4.20. The maximum Gasteiger partial charge on any atom is 0.0845 e. The Kier molecular flexibility index (Phi) is 6.13. The highest BCUT2D eigenvalue weighted by atomic mass is 35.5. The van der Waals surface area contributed by atoms with E-state index >= 15 is 0 Å². The summed E-state index contributed by atoms with van der Waals surface area (Å²) < 4.78 is 5.98. The highest BCUT2D eigenvalue weighted by molar-refractivity contribution is 6.30. The standard InChI is InChI=1S/C15H24ClNO/c1-5-15(4,18-7-3)14(17-6-2)12-8-10-13(16)11-9-12/h8-11,14,17H,5-7H2,1-4H3. The van der Waals surface area contributed by atoms with Crippen LogP contribution in [0.1, 0.15) is 45.7 Å². The first-order valence-corrected chi connectivity index (χ1v) is 7.08. The summed E-state index contributed by atoms with van der Waals surface area (Å²) in [5.74, 6) is 0. The Morgan fingerprint density at radius 2 is 1.83 bits per heavy atom. The fraction of sp³-hybridized carbons (Fsp3) is 0.600. The third-order valence-electron chi connectivity index (χ3n) is 3.40. The van der Waals surface area contributed by atoms with Crippen molar-refractivity contribution in [2.75, 3.05) is 13.2 Å². The average molecular weight is 270 g/mol. The van der Waals surface area contributed by atoms with Gasteiger partial charge in [0.1, 0.15) is 0 Å². The van der Waals surface area contributed by atoms with E-state index in [-0.39, 0.29) is 11.6 Å². The smallest absolute Gasteiger partial charge is 0.0845 e. The third-order valence-corrected chi connectivity index (χ3v) is 3.65. The number of halogens is 1. The summed E-state index contributed by atoms with van der Waals surface area (Å²) in [4.78, 5) is 0. The van der Waals surface area contributed by atoms with Gasteiger partial charge in [0.2, 0.25) is 0 Å². The van der Waals surface area contributed by atoms with Gasteiger partial charge in [0, 0.05) is 11.6 Å². The van der Waals surface area contributed by atoms with E-state index in [0.717, 1.165) is 24.6 Å². The fourth-order valence-corrected chi connectivity index (χ4v) is 2.39. The van der Waals surface area contributed by atoms with E-state index in [1.165, 1.54) is 5.56 Å². The molecule has 0 aliphatic heterocycles. The molecule has 102 valence electrons. The predicted molar refractivity (Wildman–Crippen MR) is 78.2 cm³/mol. The molecule has 18 heavy (non-hydrogen) atoms. The quantitative estimate of drug-likeness (QED) is 0.801. The van der Waals surface area contributed by atoms with E-state index < -0.39 is 0 Å². The molecule has 0 saturated carbocycles. The van der Waals surface area contributed by atoms with Crippen LogP contribution in [0, 0.1) is 0 Å². The van der Waals surface area contributed by atoms with Gasteiger partial charge in [0.25, 0.3) is 0 Å². The summed E-state index contributed by atoms with van der Waals surface area (Å²) in [5.41, 5.74) is 1.03. The van der Waals surface area contributed by atoms with Crippen molar-refractivity contribution in [1.29, 1.82) is 0 Å². The first-order chi connectivity index (χ1) is 8.57. The topological polar surface area (TPSA) is 21.3 Å². The van der Waals surface area contributed by atoms with E-state index in [2.05, 4.69) is 38.2 Å². The minimum Gasteiger partial charge on any atom is -0.374 e. The van der Waals surface area contributed by atoms with Gasteiger partial charge in [-0.15, -0.1) is 0 Å². The number of likely N-dealkylation sites (N-methyl/N-ethyl adjacent to an activating group) is 1. The summed E-state index contributed by atoms with van der Waals surface area (Å²) in [5, 5.41) is 4.29. The van der Waals surface area contributed by atoms with Crippen LogP contribution < -0.4 is 5.32 Å². The zero-order valence-electron chi connectivity index (χ0n) is 11.8. The van der Waals surface area contributed by atoms with Crippen LogP contribution in [-0.2, 0) is 4.74 Å². The van der Waals surface area contributed by atoms with E-state index in [1.54, 1.807) is 0 Å². The lowest BCUT2D eigenvalue weighted by molar-refractivity contribution is -0.0560. The zero-order chi connectivity index (χ0) is 13.6. The molecule has 0 aromatic heterocycles. The van der Waals surface area contributed by atoms with Gasteiger partial charge < -0.3 is 10.1 Å². The molecule has 2 atom stereocenters. The number of benzene rings is 1. The van der Waals surface area contributed by atoms with Crippen molar-refractivity contribution < 1.29 is 4.74 Å². The molecule has 0 radical (unpaired) electrons. The molecule has 0 fully saturated rings. The molecule has 0 aliphatic carbocycles. The summed E-state index contributed by atoms with van der Waals surface area (Å²) >= 11 is 5.95. The Bertz CT molecular complexity index is 352. The second-order valence-electron chi connectivity index (χ2n) is 4.64. The molecule has 0 heterocycles.